The third-order valence-corrected chi connectivity index (χ3v) is 14.1. The summed E-state index contributed by atoms with van der Waals surface area (Å²) in [5.74, 6) is 0.166. The van der Waals surface area contributed by atoms with Crippen molar-refractivity contribution in [2.45, 2.75) is 17.8 Å². The lowest BCUT2D eigenvalue weighted by Gasteiger charge is -2.41. The molecule has 14 rings (SSSR count). The van der Waals surface area contributed by atoms with Crippen LogP contribution in [0.2, 0.25) is 0 Å². The predicted octanol–water partition coefficient (Wildman–Crippen LogP) is 11.9. The molecule has 0 saturated heterocycles. The van der Waals surface area contributed by atoms with Crippen LogP contribution < -0.4 is 16.2 Å². The molecule has 0 saturated carbocycles. The summed E-state index contributed by atoms with van der Waals surface area (Å²) in [6.45, 7) is 0. The fourth-order valence-electron chi connectivity index (χ4n) is 11.8. The van der Waals surface area contributed by atoms with Crippen molar-refractivity contribution in [2.75, 3.05) is 5.32 Å². The van der Waals surface area contributed by atoms with Gasteiger partial charge >= 0.3 is 0 Å². The Bertz CT molecular complexity index is 3420. The maximum Gasteiger partial charge on any atom is 0.194 e. The van der Waals surface area contributed by atoms with Gasteiger partial charge in [0.05, 0.1) is 11.1 Å². The topological polar surface area (TPSA) is 25.2 Å². The van der Waals surface area contributed by atoms with Gasteiger partial charge in [0.2, 0.25) is 0 Å². The van der Waals surface area contributed by atoms with Crippen molar-refractivity contribution in [1.29, 1.82) is 0 Å². The van der Waals surface area contributed by atoms with Gasteiger partial charge in [0, 0.05) is 27.9 Å². The van der Waals surface area contributed by atoms with Gasteiger partial charge in [-0.3, -0.25) is 0 Å². The van der Waals surface area contributed by atoms with Gasteiger partial charge in [0.15, 0.2) is 7.28 Å². The summed E-state index contributed by atoms with van der Waals surface area (Å²) >= 11 is 0. The number of hydrogen-bond acceptors (Lipinski definition) is 2. The Morgan fingerprint density at radius 1 is 0.500 bits per heavy atom. The summed E-state index contributed by atoms with van der Waals surface area (Å²) < 4.78 is 7.01. The largest absolute Gasteiger partial charge is 0.456 e. The minimum atomic E-state index is -0.468. The van der Waals surface area contributed by atoms with Gasteiger partial charge in [-0.25, -0.2) is 0 Å². The fraction of sp³-hybridized carbons (Fsp3) is 0.0545. The molecule has 1 spiro atoms. The smallest absolute Gasteiger partial charge is 0.194 e. The quantitative estimate of drug-likeness (QED) is 0.170. The van der Waals surface area contributed by atoms with Gasteiger partial charge in [-0.1, -0.05) is 163 Å². The highest BCUT2D eigenvalue weighted by atomic mass is 16.3. The molecule has 2 aliphatic heterocycles. The molecule has 1 unspecified atom stereocenters. The third kappa shape index (κ3) is 3.80. The van der Waals surface area contributed by atoms with Crippen LogP contribution in [0.25, 0.3) is 66.1 Å². The van der Waals surface area contributed by atoms with Gasteiger partial charge in [-0.15, -0.1) is 0 Å². The molecule has 3 heterocycles. The number of anilines is 2. The second-order valence-corrected chi connectivity index (χ2v) is 16.7. The Kier molecular flexibility index (Phi) is 5.92. The molecular weight excluding hydrogens is 701 g/mol. The van der Waals surface area contributed by atoms with E-state index >= 15 is 0 Å². The Morgan fingerprint density at radius 2 is 1.16 bits per heavy atom. The molecule has 1 N–H and O–H groups in total. The standard InChI is InChI=1S/C55H34BNO/c1-2-14-32-28-39-33(27-31(32)13-1)29-42-50-37(39)18-12-24-47(50)56-52-40(30-41-36-17-5-10-26-49(36)58-54(41)51(42)52)38-19-11-23-46-53(38)57-48-25-9-8-22-45(48)55(46)43-20-6-3-15-34(43)35-16-4-7-21-44(35)55/h1-28,30,42,56-57H,29H2. The predicted molar refractivity (Wildman–Crippen MR) is 241 cm³/mol. The zero-order valence-electron chi connectivity index (χ0n) is 31.6. The van der Waals surface area contributed by atoms with Gasteiger partial charge in [-0.2, -0.15) is 0 Å². The van der Waals surface area contributed by atoms with Gasteiger partial charge in [0.25, 0.3) is 0 Å². The zero-order chi connectivity index (χ0) is 37.7. The molecule has 3 heteroatoms. The lowest BCUT2D eigenvalue weighted by molar-refractivity contribution is 0.655. The number of fused-ring (bicyclic) bond motifs is 18. The van der Waals surface area contributed by atoms with E-state index in [9.17, 15) is 0 Å². The molecule has 0 amide bonds. The van der Waals surface area contributed by atoms with Crippen molar-refractivity contribution in [2.24, 2.45) is 0 Å². The van der Waals surface area contributed by atoms with E-state index in [1.54, 1.807) is 0 Å². The molecule has 2 nitrogen and oxygen atoms in total. The van der Waals surface area contributed by atoms with E-state index in [2.05, 4.69) is 181 Å². The molecule has 9 aromatic carbocycles. The molecule has 268 valence electrons. The monoisotopic (exact) mass is 735 g/mol. The third-order valence-electron chi connectivity index (χ3n) is 14.1. The zero-order valence-corrected chi connectivity index (χ0v) is 31.6. The summed E-state index contributed by atoms with van der Waals surface area (Å²) in [6.07, 6.45) is 0.933. The first-order valence-electron chi connectivity index (χ1n) is 20.6. The number of rotatable bonds is 1. The van der Waals surface area contributed by atoms with Crippen molar-refractivity contribution in [3.63, 3.8) is 0 Å². The highest BCUT2D eigenvalue weighted by Gasteiger charge is 2.50. The molecule has 2 aliphatic carbocycles. The van der Waals surface area contributed by atoms with E-state index in [0.29, 0.717) is 0 Å². The van der Waals surface area contributed by atoms with Crippen molar-refractivity contribution in [3.8, 4) is 33.4 Å². The van der Waals surface area contributed by atoms with Crippen LogP contribution >= 0.6 is 0 Å². The average molecular weight is 736 g/mol. The minimum Gasteiger partial charge on any atom is -0.456 e. The molecule has 1 atom stereocenters. The lowest BCUT2D eigenvalue weighted by Crippen LogP contribution is -2.42. The van der Waals surface area contributed by atoms with Crippen LogP contribution in [0.1, 0.15) is 44.9 Å². The van der Waals surface area contributed by atoms with Gasteiger partial charge in [-0.05, 0) is 108 Å². The Morgan fingerprint density at radius 3 is 2.00 bits per heavy atom. The maximum absolute atomic E-state index is 7.01. The van der Waals surface area contributed by atoms with E-state index in [0.717, 1.165) is 30.6 Å². The van der Waals surface area contributed by atoms with E-state index in [4.69, 9.17) is 4.42 Å². The number of para-hydroxylation sites is 3. The summed E-state index contributed by atoms with van der Waals surface area (Å²) in [5.41, 5.74) is 24.0. The Balaban J connectivity index is 1.08. The second kappa shape index (κ2) is 11.1. The van der Waals surface area contributed by atoms with E-state index in [1.165, 1.54) is 110 Å². The van der Waals surface area contributed by atoms with Crippen LogP contribution in [0.5, 0.6) is 0 Å². The number of nitrogens with one attached hydrogen (secondary N) is 1. The maximum atomic E-state index is 7.01. The fourth-order valence-corrected chi connectivity index (χ4v) is 11.8. The highest BCUT2D eigenvalue weighted by Crippen LogP contribution is 2.62. The molecular formula is C55H34BNO. The lowest BCUT2D eigenvalue weighted by atomic mass is 9.50. The molecule has 0 bridgehead atoms. The van der Waals surface area contributed by atoms with Crippen molar-refractivity contribution >= 4 is 62.3 Å². The molecule has 0 radical (unpaired) electrons. The molecule has 10 aromatic rings. The summed E-state index contributed by atoms with van der Waals surface area (Å²) in [7, 11) is 0.845. The molecule has 0 fully saturated rings. The van der Waals surface area contributed by atoms with E-state index < -0.39 is 5.41 Å². The van der Waals surface area contributed by atoms with Crippen LogP contribution in [-0.2, 0) is 11.8 Å². The van der Waals surface area contributed by atoms with Crippen LogP contribution in [-0.4, -0.2) is 7.28 Å². The SMILES string of the molecule is B1c2cccc3c2C(Cc2cc4ccccc4cc2-3)c2c1c(-c1cccc3c1Nc1ccccc1C31c3ccccc3-c3ccccc31)cc1c2oc2ccccc21. The Labute approximate surface area is 336 Å². The average Bonchev–Trinajstić information content (AvgIpc) is 3.79. The van der Waals surface area contributed by atoms with Crippen LogP contribution in [0.15, 0.2) is 180 Å². The number of benzene rings is 9. The summed E-state index contributed by atoms with van der Waals surface area (Å²) in [6, 6.07) is 65.9. The van der Waals surface area contributed by atoms with Crippen molar-refractivity contribution in [1.82, 2.24) is 0 Å². The second-order valence-electron chi connectivity index (χ2n) is 16.7. The summed E-state index contributed by atoms with van der Waals surface area (Å²) in [5, 5.41) is 9.03. The van der Waals surface area contributed by atoms with Gasteiger partial charge in [0.1, 0.15) is 11.2 Å². The highest BCUT2D eigenvalue weighted by molar-refractivity contribution is 6.71. The van der Waals surface area contributed by atoms with E-state index in [-0.39, 0.29) is 5.92 Å². The number of hydrogen-bond donors (Lipinski definition) is 1. The van der Waals surface area contributed by atoms with Gasteiger partial charge < -0.3 is 9.73 Å². The summed E-state index contributed by atoms with van der Waals surface area (Å²) in [4.78, 5) is 0. The first-order chi connectivity index (χ1) is 28.8. The van der Waals surface area contributed by atoms with E-state index in [1.807, 2.05) is 0 Å². The number of furan rings is 1. The van der Waals surface area contributed by atoms with Crippen LogP contribution in [0.3, 0.4) is 0 Å². The van der Waals surface area contributed by atoms with Crippen molar-refractivity contribution in [3.05, 3.63) is 215 Å². The molecule has 4 aliphatic rings. The first kappa shape index (κ1) is 31.0. The van der Waals surface area contributed by atoms with Crippen molar-refractivity contribution < 1.29 is 4.42 Å². The molecule has 1 aromatic heterocycles. The molecule has 58 heavy (non-hydrogen) atoms. The minimum absolute atomic E-state index is 0.166. The Hall–Kier alpha value is -7.10. The van der Waals surface area contributed by atoms with Crippen LogP contribution in [0.4, 0.5) is 11.4 Å². The first-order valence-corrected chi connectivity index (χ1v) is 20.6. The normalized spacial score (nSPS) is 15.8. The van der Waals surface area contributed by atoms with Crippen LogP contribution in [0, 0.1) is 0 Å².